The van der Waals surface area contributed by atoms with E-state index in [4.69, 9.17) is 76.2 Å². The predicted molar refractivity (Wildman–Crippen MR) is 162 cm³/mol. The van der Waals surface area contributed by atoms with Crippen molar-refractivity contribution in [2.75, 3.05) is 0 Å². The molecule has 1 aliphatic carbocycles. The monoisotopic (exact) mass is 843 g/mol. The maximum Gasteiger partial charge on any atom is 0.422 e. The molecule has 51 heavy (non-hydrogen) atoms. The van der Waals surface area contributed by atoms with Gasteiger partial charge in [0.15, 0.2) is 23.3 Å². The Labute approximate surface area is 306 Å². The minimum Gasteiger partial charge on any atom is -0.237 e. The fourth-order valence-corrected chi connectivity index (χ4v) is 6.71. The van der Waals surface area contributed by atoms with Crippen LogP contribution < -0.4 is 0 Å². The molecule has 0 bridgehead atoms. The smallest absolute Gasteiger partial charge is 0.237 e. The molecule has 0 N–H and O–H groups in total. The van der Waals surface area contributed by atoms with E-state index in [1.165, 1.54) is 12.1 Å². The third kappa shape index (κ3) is 6.26. The Hall–Kier alpha value is -3.75. The van der Waals surface area contributed by atoms with E-state index in [2.05, 4.69) is 4.85 Å². The Morgan fingerprint density at radius 2 is 0.804 bits per heavy atom. The lowest BCUT2D eigenvalue weighted by Crippen LogP contribution is -2.14. The molecule has 1 saturated carbocycles. The molecular weight excluding hydrogens is 843 g/mol. The number of hydrogen-bond acceptors (Lipinski definition) is 2. The van der Waals surface area contributed by atoms with Crippen molar-refractivity contribution in [3.63, 3.8) is 0 Å². The Kier molecular flexibility index (Phi) is 10.7. The summed E-state index contributed by atoms with van der Waals surface area (Å²) in [5, 5.41) is 11.4. The first kappa shape index (κ1) is 40.0. The number of halogens is 18. The quantitative estimate of drug-likeness (QED) is 0.114. The molecule has 3 aromatic rings. The Morgan fingerprint density at radius 1 is 0.529 bits per heavy atom. The topological polar surface area (TPSA) is 51.9 Å². The van der Waals surface area contributed by atoms with E-state index in [0.29, 0.717) is 0 Å². The zero-order valence-corrected chi connectivity index (χ0v) is 28.2. The van der Waals surface area contributed by atoms with Crippen molar-refractivity contribution < 1.29 is 52.7 Å². The molecule has 0 aromatic heterocycles. The molecular formula is C30H3Cl6F12N3. The van der Waals surface area contributed by atoms with Gasteiger partial charge < -0.3 is 0 Å². The summed E-state index contributed by atoms with van der Waals surface area (Å²) in [4.78, 5) is 2.94. The minimum atomic E-state index is -5.77. The summed E-state index contributed by atoms with van der Waals surface area (Å²) in [5.41, 5.74) is -16.5. The van der Waals surface area contributed by atoms with Crippen molar-refractivity contribution >= 4 is 86.4 Å². The van der Waals surface area contributed by atoms with Gasteiger partial charge in [-0.05, 0) is 23.6 Å². The summed E-state index contributed by atoms with van der Waals surface area (Å²) < 4.78 is 171. The van der Waals surface area contributed by atoms with Gasteiger partial charge in [-0.25, -0.2) is 31.2 Å². The molecule has 0 heterocycles. The van der Waals surface area contributed by atoms with Crippen molar-refractivity contribution in [3.8, 4) is 12.1 Å². The second-order valence-electron chi connectivity index (χ2n) is 9.82. The molecule has 21 heteroatoms. The van der Waals surface area contributed by atoms with Crippen LogP contribution in [0.3, 0.4) is 0 Å². The van der Waals surface area contributed by atoms with E-state index >= 15 is 0 Å². The van der Waals surface area contributed by atoms with Gasteiger partial charge in [-0.1, -0.05) is 69.6 Å². The van der Waals surface area contributed by atoms with Crippen molar-refractivity contribution in [1.29, 1.82) is 10.5 Å². The van der Waals surface area contributed by atoms with Gasteiger partial charge in [0.25, 0.3) is 0 Å². The normalized spacial score (nSPS) is 16.0. The first-order valence-electron chi connectivity index (χ1n) is 12.5. The molecule has 0 saturated heterocycles. The Morgan fingerprint density at radius 3 is 1.06 bits per heavy atom. The van der Waals surface area contributed by atoms with Crippen molar-refractivity contribution in [2.24, 2.45) is 0 Å². The number of rotatable bonds is 3. The van der Waals surface area contributed by atoms with Crippen LogP contribution in [0.5, 0.6) is 0 Å². The summed E-state index contributed by atoms with van der Waals surface area (Å²) in [7, 11) is 0. The van der Waals surface area contributed by atoms with Crippen LogP contribution in [0.2, 0.25) is 30.1 Å². The van der Waals surface area contributed by atoms with Gasteiger partial charge in [0, 0.05) is 22.3 Å². The zero-order chi connectivity index (χ0) is 39.0. The third-order valence-electron chi connectivity index (χ3n) is 7.07. The van der Waals surface area contributed by atoms with E-state index in [0.717, 1.165) is 6.92 Å². The van der Waals surface area contributed by atoms with Crippen molar-refractivity contribution in [3.05, 3.63) is 127 Å². The zero-order valence-electron chi connectivity index (χ0n) is 23.6. The molecule has 3 nitrogen and oxygen atoms in total. The third-order valence-corrected chi connectivity index (χ3v) is 9.20. The summed E-state index contributed by atoms with van der Waals surface area (Å²) in [6.45, 7) is 8.56. The number of nitrogens with zero attached hydrogens (tertiary/aromatic N) is 3. The maximum atomic E-state index is 15.0. The standard InChI is InChI=1S/C30H3Cl6F12N3/c1-5-22(37)16(31)10(17(32)23(5)38)6(3-49)8-9(7(4-50)11-18(33)24(39)14(29(43,44)45)25(40)19(11)34)12(8)28(51-2)13-20(35)26(41)15(30(46,47)48)27(42)21(13)36/h1H3. The molecule has 0 unspecified atom stereocenters. The molecule has 264 valence electrons. The lowest BCUT2D eigenvalue weighted by Gasteiger charge is -2.15. The molecule has 1 aliphatic rings. The number of nitriles is 2. The molecule has 0 atom stereocenters. The Balaban J connectivity index is 2.37. The maximum absolute atomic E-state index is 15.0. The summed E-state index contributed by atoms with van der Waals surface area (Å²) in [5.74, 6) is -13.1. The summed E-state index contributed by atoms with van der Waals surface area (Å²) in [6, 6.07) is 2.67. The lowest BCUT2D eigenvalue weighted by molar-refractivity contribution is -0.143. The van der Waals surface area contributed by atoms with Crippen LogP contribution in [-0.4, -0.2) is 0 Å². The average Bonchev–Trinajstić information content (AvgIpc) is 3.75. The van der Waals surface area contributed by atoms with Crippen molar-refractivity contribution in [1.82, 2.24) is 0 Å². The van der Waals surface area contributed by atoms with Crippen molar-refractivity contribution in [2.45, 2.75) is 19.3 Å². The highest BCUT2D eigenvalue weighted by molar-refractivity contribution is 6.41. The van der Waals surface area contributed by atoms with E-state index in [-0.39, 0.29) is 0 Å². The first-order valence-corrected chi connectivity index (χ1v) is 14.8. The number of benzene rings is 3. The van der Waals surface area contributed by atoms with E-state index < -0.39 is 144 Å². The van der Waals surface area contributed by atoms with Crippen LogP contribution in [0.15, 0.2) is 16.7 Å². The fourth-order valence-electron chi connectivity index (χ4n) is 4.78. The second kappa shape index (κ2) is 13.7. The Bertz CT molecular complexity index is 2150. The molecule has 4 rings (SSSR count). The second-order valence-corrected chi connectivity index (χ2v) is 12.1. The van der Waals surface area contributed by atoms with Crippen LogP contribution in [0.25, 0.3) is 21.7 Å². The van der Waals surface area contributed by atoms with Crippen LogP contribution in [0.1, 0.15) is 33.4 Å². The van der Waals surface area contributed by atoms with Crippen LogP contribution >= 0.6 is 69.6 Å². The average molecular weight is 846 g/mol. The highest BCUT2D eigenvalue weighted by Gasteiger charge is 2.48. The molecule has 3 aromatic carbocycles. The predicted octanol–water partition coefficient (Wildman–Crippen LogP) is 13.4. The van der Waals surface area contributed by atoms with Gasteiger partial charge in [0.1, 0.15) is 34.9 Å². The molecule has 0 amide bonds. The van der Waals surface area contributed by atoms with Crippen LogP contribution in [-0.2, 0) is 12.4 Å². The van der Waals surface area contributed by atoms with E-state index in [9.17, 15) is 63.2 Å². The minimum absolute atomic E-state index is 0.790. The van der Waals surface area contributed by atoms with Gasteiger partial charge in [-0.2, -0.15) is 36.9 Å². The van der Waals surface area contributed by atoms with Gasteiger partial charge in [0.2, 0.25) is 5.70 Å². The number of allylic oxidation sites excluding steroid dienone is 5. The van der Waals surface area contributed by atoms with Gasteiger partial charge in [-0.3, -0.25) is 0 Å². The molecule has 0 spiro atoms. The highest BCUT2D eigenvalue weighted by Crippen LogP contribution is 2.60. The number of alkyl halides is 6. The van der Waals surface area contributed by atoms with Gasteiger partial charge in [0.05, 0.1) is 47.9 Å². The van der Waals surface area contributed by atoms with E-state index in [1.54, 1.807) is 0 Å². The SMILES string of the molecule is [C-]#[N+]C(=C1C(=C(C#N)c2c(Cl)c(F)c(C)c(F)c2Cl)C1=C(C#N)c1c(Cl)c(F)c(C(F)(F)F)c(F)c1Cl)c1c(Cl)c(F)c(C(F)(F)F)c(F)c1Cl. The van der Waals surface area contributed by atoms with Gasteiger partial charge >= 0.3 is 12.4 Å². The first-order chi connectivity index (χ1) is 23.4. The van der Waals surface area contributed by atoms with Crippen LogP contribution in [0.4, 0.5) is 52.7 Å². The largest absolute Gasteiger partial charge is 0.422 e. The molecule has 0 radical (unpaired) electrons. The van der Waals surface area contributed by atoms with Crippen LogP contribution in [0, 0.1) is 71.1 Å². The molecule has 1 fully saturated rings. The summed E-state index contributed by atoms with van der Waals surface area (Å²) in [6.07, 6.45) is -11.5. The fraction of sp³-hybridized carbons (Fsp3) is 0.100. The van der Waals surface area contributed by atoms with Gasteiger partial charge in [-0.15, -0.1) is 0 Å². The molecule has 0 aliphatic heterocycles. The van der Waals surface area contributed by atoms with E-state index in [1.807, 2.05) is 0 Å². The number of hydrogen-bond donors (Lipinski definition) is 0. The summed E-state index contributed by atoms with van der Waals surface area (Å²) >= 11 is 35.2. The lowest BCUT2D eigenvalue weighted by atomic mass is 10.00. The highest BCUT2D eigenvalue weighted by atomic mass is 35.5.